The van der Waals surface area contributed by atoms with Gasteiger partial charge in [-0.1, -0.05) is 18.1 Å². The van der Waals surface area contributed by atoms with Gasteiger partial charge in [-0.3, -0.25) is 14.7 Å². The minimum atomic E-state index is -0.123. The second-order valence-corrected chi connectivity index (χ2v) is 7.47. The van der Waals surface area contributed by atoms with Gasteiger partial charge in [0.1, 0.15) is 18.2 Å². The van der Waals surface area contributed by atoms with Crippen molar-refractivity contribution >= 4 is 0 Å². The molecule has 0 radical (unpaired) electrons. The number of H-pyrrole nitrogens is 1. The topological polar surface area (TPSA) is 71.1 Å². The predicted octanol–water partition coefficient (Wildman–Crippen LogP) is 3.22. The van der Waals surface area contributed by atoms with E-state index < -0.39 is 0 Å². The van der Waals surface area contributed by atoms with Gasteiger partial charge < -0.3 is 9.72 Å². The molecule has 1 aliphatic rings. The zero-order valence-corrected chi connectivity index (χ0v) is 16.8. The van der Waals surface area contributed by atoms with E-state index in [2.05, 4.69) is 26.9 Å². The molecule has 1 atom stereocenters. The Balaban J connectivity index is 1.49. The molecule has 2 aromatic heterocycles. The fraction of sp³-hybridized carbons (Fsp3) is 0.292. The summed E-state index contributed by atoms with van der Waals surface area (Å²) in [7, 11) is 0. The number of nitrogens with one attached hydrogen (secondary N) is 1. The van der Waals surface area contributed by atoms with E-state index in [1.54, 1.807) is 18.5 Å². The van der Waals surface area contributed by atoms with E-state index in [9.17, 15) is 4.79 Å². The summed E-state index contributed by atoms with van der Waals surface area (Å²) in [6.45, 7) is 2.94. The molecule has 1 aromatic carbocycles. The maximum atomic E-state index is 12.3. The Labute approximate surface area is 176 Å². The number of hydrogen-bond acceptors (Lipinski definition) is 5. The van der Waals surface area contributed by atoms with Crippen LogP contribution in [0, 0.1) is 12.3 Å². The average molecular weight is 400 g/mol. The Hall–Kier alpha value is -3.43. The first-order valence-electron chi connectivity index (χ1n) is 10.1. The summed E-state index contributed by atoms with van der Waals surface area (Å²) in [4.78, 5) is 26.4. The molecule has 0 saturated carbocycles. The third-order valence-corrected chi connectivity index (χ3v) is 5.26. The van der Waals surface area contributed by atoms with Crippen molar-refractivity contribution < 1.29 is 4.74 Å². The highest BCUT2D eigenvalue weighted by molar-refractivity contribution is 5.57. The standard InChI is InChI=1S/C24H24N4O2/c1-2-13-30-21-7-3-5-18(14-21)16-28-12-4-6-20(17-28)24-26-22(15-23(29)27-24)19-8-10-25-11-9-19/h1,3,5,7-11,14-15,20H,4,6,12-13,16-17H2,(H,26,27,29). The molecule has 3 aromatic rings. The SMILES string of the molecule is C#CCOc1cccc(CN2CCCC(c3nc(-c4ccncc4)cc(=O)[nH]3)C2)c1. The van der Waals surface area contributed by atoms with Crippen molar-refractivity contribution in [2.75, 3.05) is 19.7 Å². The van der Waals surface area contributed by atoms with Gasteiger partial charge >= 0.3 is 0 Å². The van der Waals surface area contributed by atoms with Gasteiger partial charge in [-0.15, -0.1) is 6.42 Å². The first-order chi connectivity index (χ1) is 14.7. The molecule has 4 rings (SSSR count). The number of rotatable bonds is 6. The molecule has 152 valence electrons. The molecule has 3 heterocycles. The van der Waals surface area contributed by atoms with Crippen molar-refractivity contribution in [1.82, 2.24) is 19.9 Å². The van der Waals surface area contributed by atoms with Crippen LogP contribution in [0.15, 0.2) is 59.7 Å². The van der Waals surface area contributed by atoms with E-state index >= 15 is 0 Å². The summed E-state index contributed by atoms with van der Waals surface area (Å²) in [5.74, 6) is 4.22. The molecule has 30 heavy (non-hydrogen) atoms. The number of nitrogens with zero attached hydrogens (tertiary/aromatic N) is 3. The first kappa shape index (κ1) is 19.9. The summed E-state index contributed by atoms with van der Waals surface area (Å²) in [5, 5.41) is 0. The Morgan fingerprint density at radius 2 is 2.10 bits per heavy atom. The van der Waals surface area contributed by atoms with Crippen LogP contribution in [0.5, 0.6) is 5.75 Å². The molecular weight excluding hydrogens is 376 g/mol. The smallest absolute Gasteiger partial charge is 0.251 e. The number of pyridine rings is 1. The van der Waals surface area contributed by atoms with Crippen LogP contribution in [-0.2, 0) is 6.54 Å². The van der Waals surface area contributed by atoms with E-state index in [1.807, 2.05) is 30.3 Å². The van der Waals surface area contributed by atoms with Gasteiger partial charge in [-0.25, -0.2) is 4.98 Å². The largest absolute Gasteiger partial charge is 0.481 e. The molecule has 6 nitrogen and oxygen atoms in total. The fourth-order valence-corrected chi connectivity index (χ4v) is 3.88. The second-order valence-electron chi connectivity index (χ2n) is 7.47. The number of aromatic amines is 1. The normalized spacial score (nSPS) is 16.7. The number of ether oxygens (including phenoxy) is 1. The maximum absolute atomic E-state index is 12.3. The number of piperidine rings is 1. The molecule has 1 N–H and O–H groups in total. The lowest BCUT2D eigenvalue weighted by Crippen LogP contribution is -2.35. The monoisotopic (exact) mass is 400 g/mol. The highest BCUT2D eigenvalue weighted by Crippen LogP contribution is 2.27. The molecule has 6 heteroatoms. The minimum Gasteiger partial charge on any atom is -0.481 e. The van der Waals surface area contributed by atoms with Crippen LogP contribution in [0.25, 0.3) is 11.3 Å². The molecular formula is C24H24N4O2. The number of benzene rings is 1. The molecule has 1 aliphatic heterocycles. The lowest BCUT2D eigenvalue weighted by molar-refractivity contribution is 0.196. The van der Waals surface area contributed by atoms with E-state index in [1.165, 1.54) is 5.56 Å². The van der Waals surface area contributed by atoms with Gasteiger partial charge in [-0.2, -0.15) is 0 Å². The fourth-order valence-electron chi connectivity index (χ4n) is 3.88. The van der Waals surface area contributed by atoms with Crippen LogP contribution in [0.4, 0.5) is 0 Å². The van der Waals surface area contributed by atoms with Crippen molar-refractivity contribution in [1.29, 1.82) is 0 Å². The van der Waals surface area contributed by atoms with Crippen molar-refractivity contribution in [2.45, 2.75) is 25.3 Å². The third-order valence-electron chi connectivity index (χ3n) is 5.26. The van der Waals surface area contributed by atoms with Gasteiger partial charge in [0.25, 0.3) is 5.56 Å². The van der Waals surface area contributed by atoms with Crippen molar-refractivity contribution in [3.63, 3.8) is 0 Å². The van der Waals surface area contributed by atoms with Gasteiger partial charge in [0.15, 0.2) is 0 Å². The lowest BCUT2D eigenvalue weighted by Gasteiger charge is -2.32. The van der Waals surface area contributed by atoms with E-state index in [0.29, 0.717) is 5.69 Å². The maximum Gasteiger partial charge on any atom is 0.251 e. The third kappa shape index (κ3) is 4.94. The van der Waals surface area contributed by atoms with Crippen LogP contribution in [-0.4, -0.2) is 39.5 Å². The first-order valence-corrected chi connectivity index (χ1v) is 10.1. The predicted molar refractivity (Wildman–Crippen MR) is 116 cm³/mol. The number of likely N-dealkylation sites (tertiary alicyclic amines) is 1. The molecule has 1 fully saturated rings. The van der Waals surface area contributed by atoms with E-state index in [-0.39, 0.29) is 18.1 Å². The zero-order valence-electron chi connectivity index (χ0n) is 16.8. The molecule has 0 bridgehead atoms. The Bertz CT molecular complexity index is 1090. The van der Waals surface area contributed by atoms with Crippen molar-refractivity contribution in [3.05, 3.63) is 76.6 Å². The van der Waals surface area contributed by atoms with Gasteiger partial charge in [0, 0.05) is 43.0 Å². The summed E-state index contributed by atoms with van der Waals surface area (Å²) in [6, 6.07) is 13.3. The van der Waals surface area contributed by atoms with Crippen LogP contribution in [0.2, 0.25) is 0 Å². The van der Waals surface area contributed by atoms with Crippen LogP contribution < -0.4 is 10.3 Å². The highest BCUT2D eigenvalue weighted by Gasteiger charge is 2.24. The summed E-state index contributed by atoms with van der Waals surface area (Å²) < 4.78 is 5.54. The van der Waals surface area contributed by atoms with E-state index in [4.69, 9.17) is 16.1 Å². The van der Waals surface area contributed by atoms with Gasteiger partial charge in [-0.05, 0) is 49.2 Å². The summed E-state index contributed by atoms with van der Waals surface area (Å²) >= 11 is 0. The van der Waals surface area contributed by atoms with Crippen LogP contribution >= 0.6 is 0 Å². The Morgan fingerprint density at radius 3 is 2.93 bits per heavy atom. The second kappa shape index (κ2) is 9.38. The highest BCUT2D eigenvalue weighted by atomic mass is 16.5. The summed E-state index contributed by atoms with van der Waals surface area (Å²) in [6.07, 6.45) is 10.8. The Kier molecular flexibility index (Phi) is 6.21. The number of terminal acetylenes is 1. The van der Waals surface area contributed by atoms with Crippen molar-refractivity contribution in [3.8, 4) is 29.4 Å². The quantitative estimate of drug-likeness (QED) is 0.644. The van der Waals surface area contributed by atoms with Gasteiger partial charge in [0.05, 0.1) is 5.69 Å². The number of hydrogen-bond donors (Lipinski definition) is 1. The van der Waals surface area contributed by atoms with Crippen molar-refractivity contribution in [2.24, 2.45) is 0 Å². The lowest BCUT2D eigenvalue weighted by atomic mass is 9.96. The molecule has 1 unspecified atom stereocenters. The minimum absolute atomic E-state index is 0.123. The summed E-state index contributed by atoms with van der Waals surface area (Å²) in [5.41, 5.74) is 2.64. The Morgan fingerprint density at radius 1 is 1.23 bits per heavy atom. The van der Waals surface area contributed by atoms with E-state index in [0.717, 1.165) is 49.6 Å². The average Bonchev–Trinajstić information content (AvgIpc) is 2.78. The molecule has 1 saturated heterocycles. The molecule has 0 aliphatic carbocycles. The van der Waals surface area contributed by atoms with Gasteiger partial charge in [0.2, 0.25) is 0 Å². The van der Waals surface area contributed by atoms with Crippen LogP contribution in [0.1, 0.15) is 30.1 Å². The zero-order chi connectivity index (χ0) is 20.8. The van der Waals surface area contributed by atoms with Crippen LogP contribution in [0.3, 0.4) is 0 Å². The molecule has 0 spiro atoms. The molecule has 0 amide bonds. The number of aromatic nitrogens is 3.